The van der Waals surface area contributed by atoms with Crippen molar-refractivity contribution < 1.29 is 50.1 Å². The zero-order valence-electron chi connectivity index (χ0n) is 24.2. The van der Waals surface area contributed by atoms with Gasteiger partial charge in [0.25, 0.3) is 5.91 Å². The molecule has 10 nitrogen and oxygen atoms in total. The quantitative estimate of drug-likeness (QED) is 0.166. The number of methoxy groups -OCH3 is 2. The molecule has 2 aromatic carbocycles. The van der Waals surface area contributed by atoms with Gasteiger partial charge in [-0.25, -0.2) is 9.67 Å². The van der Waals surface area contributed by atoms with Crippen LogP contribution in [-0.4, -0.2) is 46.5 Å². The number of carbonyl (C=O) groups is 1. The first-order valence-electron chi connectivity index (χ1n) is 13.3. The molecule has 0 fully saturated rings. The molecule has 0 aliphatic rings. The lowest BCUT2D eigenvalue weighted by molar-refractivity contribution is -0.143. The normalized spacial score (nSPS) is 11.8. The Labute approximate surface area is 256 Å². The van der Waals surface area contributed by atoms with Crippen molar-refractivity contribution in [3.63, 3.8) is 0 Å². The van der Waals surface area contributed by atoms with Crippen LogP contribution in [0.2, 0.25) is 0 Å². The molecule has 0 atom stereocenters. The minimum Gasteiger partial charge on any atom is -0.493 e. The minimum absolute atomic E-state index is 0.0116. The van der Waals surface area contributed by atoms with E-state index in [9.17, 15) is 31.1 Å². The van der Waals surface area contributed by atoms with E-state index in [0.29, 0.717) is 45.0 Å². The topological polar surface area (TPSA) is 110 Å². The second-order valence-electron chi connectivity index (χ2n) is 9.40. The molecule has 3 aromatic heterocycles. The van der Waals surface area contributed by atoms with E-state index >= 15 is 0 Å². The van der Waals surface area contributed by atoms with E-state index in [4.69, 9.17) is 18.9 Å². The third-order valence-corrected chi connectivity index (χ3v) is 6.52. The minimum atomic E-state index is -5.21. The van der Waals surface area contributed by atoms with E-state index in [1.54, 1.807) is 25.1 Å². The molecule has 5 rings (SSSR count). The Balaban J connectivity index is 1.44. The molecule has 0 saturated heterocycles. The SMILES string of the molecule is CCOc1cnn(-c2ccc(C(F)(F)F)cc2C(F)(F)F)c1C(=O)Nc1ccc(Oc2ccnc3cc(OC)c(OC)cc23)cn1. The first-order chi connectivity index (χ1) is 21.8. The Morgan fingerprint density at radius 3 is 2.22 bits per heavy atom. The van der Waals surface area contributed by atoms with Crippen molar-refractivity contribution in [2.24, 2.45) is 0 Å². The second-order valence-corrected chi connectivity index (χ2v) is 9.40. The number of nitrogens with one attached hydrogen (secondary N) is 1. The fraction of sp³-hybridized carbons (Fsp3) is 0.200. The Hall–Kier alpha value is -5.54. The van der Waals surface area contributed by atoms with Gasteiger partial charge in [-0.1, -0.05) is 0 Å². The van der Waals surface area contributed by atoms with Crippen LogP contribution in [0.25, 0.3) is 16.6 Å². The van der Waals surface area contributed by atoms with Crippen LogP contribution in [0.1, 0.15) is 28.5 Å². The number of hydrogen-bond donors (Lipinski definition) is 1. The van der Waals surface area contributed by atoms with E-state index in [1.807, 2.05) is 0 Å². The lowest BCUT2D eigenvalue weighted by Gasteiger charge is -2.17. The molecule has 0 bridgehead atoms. The second kappa shape index (κ2) is 12.5. The molecular formula is C30H23F6N5O5. The van der Waals surface area contributed by atoms with Crippen molar-refractivity contribution in [1.29, 1.82) is 0 Å². The number of benzene rings is 2. The number of aromatic nitrogens is 4. The molecule has 3 heterocycles. The average molecular weight is 648 g/mol. The first kappa shape index (κ1) is 31.9. The van der Waals surface area contributed by atoms with Crippen molar-refractivity contribution in [3.8, 4) is 34.4 Å². The molecule has 0 aliphatic carbocycles. The molecule has 1 amide bonds. The summed E-state index contributed by atoms with van der Waals surface area (Å²) in [5.74, 6) is 0.381. The van der Waals surface area contributed by atoms with Gasteiger partial charge in [0.05, 0.1) is 55.6 Å². The number of anilines is 1. The summed E-state index contributed by atoms with van der Waals surface area (Å²) in [6, 6.07) is 8.86. The highest BCUT2D eigenvalue weighted by Gasteiger charge is 2.39. The fourth-order valence-electron chi connectivity index (χ4n) is 4.46. The van der Waals surface area contributed by atoms with Crippen LogP contribution in [0.15, 0.2) is 67.1 Å². The van der Waals surface area contributed by atoms with Crippen LogP contribution in [0.4, 0.5) is 32.2 Å². The van der Waals surface area contributed by atoms with E-state index in [1.165, 1.54) is 38.7 Å². The molecule has 240 valence electrons. The summed E-state index contributed by atoms with van der Waals surface area (Å²) in [5.41, 5.74) is -3.91. The first-order valence-corrected chi connectivity index (χ1v) is 13.3. The zero-order valence-corrected chi connectivity index (χ0v) is 24.2. The summed E-state index contributed by atoms with van der Waals surface area (Å²) < 4.78 is 104. The molecule has 16 heteroatoms. The highest BCUT2D eigenvalue weighted by molar-refractivity contribution is 6.05. The number of rotatable bonds is 9. The molecule has 0 aliphatic heterocycles. The average Bonchev–Trinajstić information content (AvgIpc) is 3.44. The molecule has 0 spiro atoms. The van der Waals surface area contributed by atoms with Gasteiger partial charge in [-0.05, 0) is 49.4 Å². The van der Waals surface area contributed by atoms with Gasteiger partial charge in [-0.2, -0.15) is 31.4 Å². The van der Waals surface area contributed by atoms with Gasteiger partial charge in [-0.15, -0.1) is 0 Å². The maximum absolute atomic E-state index is 13.9. The van der Waals surface area contributed by atoms with Gasteiger partial charge < -0.3 is 24.3 Å². The number of hydrogen-bond acceptors (Lipinski definition) is 8. The number of nitrogens with zero attached hydrogens (tertiary/aromatic N) is 4. The molecular weight excluding hydrogens is 624 g/mol. The zero-order chi connectivity index (χ0) is 33.2. The highest BCUT2D eigenvalue weighted by Crippen LogP contribution is 2.40. The number of ether oxygens (including phenoxy) is 4. The maximum Gasteiger partial charge on any atom is 0.418 e. The summed E-state index contributed by atoms with van der Waals surface area (Å²) in [5, 5.41) is 6.88. The van der Waals surface area contributed by atoms with Gasteiger partial charge in [-0.3, -0.25) is 9.78 Å². The van der Waals surface area contributed by atoms with Crippen LogP contribution in [0, 0.1) is 0 Å². The summed E-state index contributed by atoms with van der Waals surface area (Å²) in [7, 11) is 2.98. The molecule has 5 aromatic rings. The molecule has 1 N–H and O–H groups in total. The highest BCUT2D eigenvalue weighted by atomic mass is 19.4. The van der Waals surface area contributed by atoms with E-state index < -0.39 is 40.8 Å². The Morgan fingerprint density at radius 2 is 1.59 bits per heavy atom. The van der Waals surface area contributed by atoms with Crippen LogP contribution >= 0.6 is 0 Å². The third-order valence-electron chi connectivity index (χ3n) is 6.52. The Morgan fingerprint density at radius 1 is 0.848 bits per heavy atom. The van der Waals surface area contributed by atoms with Crippen molar-refractivity contribution in [2.75, 3.05) is 26.1 Å². The standard InChI is InChI=1S/C30H23F6N5O5/c1-4-45-25-15-39-41(21-7-5-16(29(31,32)33)11-19(21)30(34,35)36)27(25)28(42)40-26-8-6-17(14-38-26)46-22-9-10-37-20-13-24(44-3)23(43-2)12-18(20)22/h5-15H,4H2,1-3H3,(H,38,40,42). The maximum atomic E-state index is 13.9. The Kier molecular flexibility index (Phi) is 8.63. The van der Waals surface area contributed by atoms with Crippen molar-refractivity contribution in [2.45, 2.75) is 19.3 Å². The number of halogens is 6. The predicted molar refractivity (Wildman–Crippen MR) is 152 cm³/mol. The van der Waals surface area contributed by atoms with Gasteiger partial charge in [0.2, 0.25) is 0 Å². The number of fused-ring (bicyclic) bond motifs is 1. The summed E-state index contributed by atoms with van der Waals surface area (Å²) in [6.07, 6.45) is -6.43. The third kappa shape index (κ3) is 6.45. The van der Waals surface area contributed by atoms with Crippen molar-refractivity contribution in [3.05, 3.63) is 83.9 Å². The molecule has 46 heavy (non-hydrogen) atoms. The van der Waals surface area contributed by atoms with Gasteiger partial charge in [0.15, 0.2) is 22.9 Å². The lowest BCUT2D eigenvalue weighted by atomic mass is 10.1. The Bertz CT molecular complexity index is 1890. The predicted octanol–water partition coefficient (Wildman–Crippen LogP) is 7.31. The van der Waals surface area contributed by atoms with Gasteiger partial charge in [0, 0.05) is 17.6 Å². The number of alkyl halides is 6. The van der Waals surface area contributed by atoms with Crippen LogP contribution < -0.4 is 24.3 Å². The van der Waals surface area contributed by atoms with Crippen LogP contribution in [0.3, 0.4) is 0 Å². The largest absolute Gasteiger partial charge is 0.493 e. The smallest absolute Gasteiger partial charge is 0.418 e. The van der Waals surface area contributed by atoms with Crippen LogP contribution in [-0.2, 0) is 12.4 Å². The summed E-state index contributed by atoms with van der Waals surface area (Å²) >= 11 is 0. The lowest BCUT2D eigenvalue weighted by Crippen LogP contribution is -2.21. The molecule has 0 saturated carbocycles. The van der Waals surface area contributed by atoms with Gasteiger partial charge in [0.1, 0.15) is 17.3 Å². The number of carbonyl (C=O) groups excluding carboxylic acids is 1. The summed E-state index contributed by atoms with van der Waals surface area (Å²) in [6.45, 7) is 1.58. The monoisotopic (exact) mass is 647 g/mol. The van der Waals surface area contributed by atoms with Crippen molar-refractivity contribution >= 4 is 22.6 Å². The van der Waals surface area contributed by atoms with Crippen molar-refractivity contribution in [1.82, 2.24) is 19.7 Å². The van der Waals surface area contributed by atoms with Crippen LogP contribution in [0.5, 0.6) is 28.7 Å². The summed E-state index contributed by atoms with van der Waals surface area (Å²) in [4.78, 5) is 21.8. The van der Waals surface area contributed by atoms with E-state index in [-0.39, 0.29) is 30.0 Å². The van der Waals surface area contributed by atoms with E-state index in [0.717, 1.165) is 6.20 Å². The molecule has 0 unspecified atom stereocenters. The number of amides is 1. The molecule has 0 radical (unpaired) electrons. The van der Waals surface area contributed by atoms with E-state index in [2.05, 4.69) is 20.4 Å². The van der Waals surface area contributed by atoms with Gasteiger partial charge >= 0.3 is 12.4 Å². The fourth-order valence-corrected chi connectivity index (χ4v) is 4.46. The number of pyridine rings is 2.